The molecule has 0 spiro atoms. The second-order valence-electron chi connectivity index (χ2n) is 24.3. The highest BCUT2D eigenvalue weighted by atomic mass is 16.3. The van der Waals surface area contributed by atoms with Gasteiger partial charge in [-0.25, -0.2) is 0 Å². The minimum absolute atomic E-state index is 0.0767. The molecular weight excluding hydrogens is 729 g/mol. The lowest BCUT2D eigenvalue weighted by Gasteiger charge is -2.57. The summed E-state index contributed by atoms with van der Waals surface area (Å²) in [5, 5.41) is 26.3. The van der Waals surface area contributed by atoms with Crippen LogP contribution in [0.25, 0.3) is 0 Å². The van der Waals surface area contributed by atoms with Crippen LogP contribution < -0.4 is 0 Å². The monoisotopic (exact) mass is 819 g/mol. The predicted molar refractivity (Wildman–Crippen MR) is 261 cm³/mol. The Bertz CT molecular complexity index is 1690. The van der Waals surface area contributed by atoms with Crippen LogP contribution in [0.2, 0.25) is 0 Å². The molecule has 60 heavy (non-hydrogen) atoms. The van der Waals surface area contributed by atoms with Gasteiger partial charge in [-0.3, -0.25) is 0 Å². The molecule has 0 bridgehead atoms. The first-order valence-corrected chi connectivity index (χ1v) is 24.1. The summed E-state index contributed by atoms with van der Waals surface area (Å²) in [5.41, 5.74) is 6.24. The van der Waals surface area contributed by atoms with Crippen LogP contribution in [0.15, 0.2) is 107 Å². The minimum Gasteiger partial charge on any atom is -0.508 e. The van der Waals surface area contributed by atoms with E-state index in [4.69, 9.17) is 0 Å². The third-order valence-corrected chi connectivity index (χ3v) is 14.8. The maximum Gasteiger partial charge on any atom is 0.119 e. The van der Waals surface area contributed by atoms with E-state index in [9.17, 15) is 10.2 Å². The first-order valence-electron chi connectivity index (χ1n) is 24.1. The Morgan fingerprint density at radius 3 is 1.07 bits per heavy atom. The number of aryl methyl sites for hydroxylation is 2. The number of benzene rings is 2. The molecule has 0 aromatic heterocycles. The van der Waals surface area contributed by atoms with Gasteiger partial charge in [0.15, 0.2) is 0 Å². The molecule has 0 radical (unpaired) electrons. The quantitative estimate of drug-likeness (QED) is 0.166. The third-order valence-electron chi connectivity index (χ3n) is 14.8. The van der Waals surface area contributed by atoms with Crippen molar-refractivity contribution in [3.63, 3.8) is 0 Å². The average Bonchev–Trinajstić information content (AvgIpc) is 3.12. The van der Waals surface area contributed by atoms with Gasteiger partial charge in [-0.15, -0.1) is 0 Å². The lowest BCUT2D eigenvalue weighted by Crippen LogP contribution is -2.49. The molecule has 334 valence electrons. The first kappa shape index (κ1) is 49.7. The Morgan fingerprint density at radius 2 is 0.800 bits per heavy atom. The van der Waals surface area contributed by atoms with Gasteiger partial charge < -0.3 is 10.2 Å². The van der Waals surface area contributed by atoms with Crippen LogP contribution in [0, 0.1) is 62.1 Å². The van der Waals surface area contributed by atoms with Gasteiger partial charge in [0, 0.05) is 16.7 Å². The van der Waals surface area contributed by atoms with Gasteiger partial charge in [-0.05, 0) is 130 Å². The van der Waals surface area contributed by atoms with Crippen LogP contribution in [0.5, 0.6) is 0 Å². The third kappa shape index (κ3) is 11.0. The van der Waals surface area contributed by atoms with Crippen molar-refractivity contribution in [2.75, 3.05) is 0 Å². The zero-order valence-corrected chi connectivity index (χ0v) is 41.8. The number of hydrogen-bond donors (Lipinski definition) is 2. The largest absolute Gasteiger partial charge is 0.508 e. The summed E-state index contributed by atoms with van der Waals surface area (Å²) in [6.07, 6.45) is 15.7. The molecule has 4 atom stereocenters. The number of aliphatic hydroxyl groups is 2. The van der Waals surface area contributed by atoms with E-state index in [1.807, 2.05) is 0 Å². The predicted octanol–water partition coefficient (Wildman–Crippen LogP) is 17.4. The topological polar surface area (TPSA) is 40.5 Å². The highest BCUT2D eigenvalue weighted by Gasteiger charge is 2.56. The Balaban J connectivity index is 2.03. The lowest BCUT2D eigenvalue weighted by atomic mass is 9.47. The van der Waals surface area contributed by atoms with Crippen molar-refractivity contribution >= 4 is 0 Å². The maximum atomic E-state index is 13.2. The molecule has 0 aliphatic heterocycles. The van der Waals surface area contributed by atoms with E-state index in [1.165, 1.54) is 22.3 Å². The van der Waals surface area contributed by atoms with Crippen LogP contribution in [-0.2, 0) is 12.8 Å². The van der Waals surface area contributed by atoms with Gasteiger partial charge in [-0.2, -0.15) is 0 Å². The van der Waals surface area contributed by atoms with Gasteiger partial charge in [-0.1, -0.05) is 203 Å². The SMILES string of the molecule is CC(C)CC1(C(C)(C)C)C=C(C(C)(C)C)C(O)=C(C(C)C2=C(O)C(C(C)(C)C)=CC(CC(C)C)(C(C)(C)C)C2CCCCc2ccccc2)C1CCCCc1ccccc1. The number of hydrogen-bond acceptors (Lipinski definition) is 2. The molecule has 0 fully saturated rings. The molecule has 2 aliphatic carbocycles. The van der Waals surface area contributed by atoms with Crippen molar-refractivity contribution in [2.24, 2.45) is 62.1 Å². The van der Waals surface area contributed by atoms with Crippen molar-refractivity contribution in [3.8, 4) is 0 Å². The van der Waals surface area contributed by atoms with Gasteiger partial charge in [0.25, 0.3) is 0 Å². The summed E-state index contributed by atoms with van der Waals surface area (Å²) in [4.78, 5) is 0. The fraction of sp³-hybridized carbons (Fsp3) is 0.655. The summed E-state index contributed by atoms with van der Waals surface area (Å²) in [5.74, 6) is 2.02. The molecule has 2 heteroatoms. The second kappa shape index (κ2) is 19.2. The molecule has 2 N–H and O–H groups in total. The lowest BCUT2D eigenvalue weighted by molar-refractivity contribution is 0.0314. The first-order chi connectivity index (χ1) is 27.7. The van der Waals surface area contributed by atoms with Crippen LogP contribution in [0.4, 0.5) is 0 Å². The molecule has 4 rings (SSSR count). The number of allylic oxidation sites excluding steroid dienone is 6. The average molecular weight is 819 g/mol. The summed E-state index contributed by atoms with van der Waals surface area (Å²) < 4.78 is 0. The van der Waals surface area contributed by atoms with E-state index < -0.39 is 0 Å². The Kier molecular flexibility index (Phi) is 15.9. The van der Waals surface area contributed by atoms with Crippen LogP contribution in [0.1, 0.15) is 180 Å². The van der Waals surface area contributed by atoms with E-state index >= 15 is 0 Å². The standard InChI is InChI=1S/C58H90O2/c1-40(2)36-57(55(12,13)14)38-47(53(6,7)8)51(59)49(45(57)34-26-24-32-43-28-20-18-21-29-43)42(5)50-46(35-27-25-33-44-30-22-19-23-31-44)58(37-41(3)4,56(15,16)17)39-48(52(50)60)54(9,10)11/h18-23,28-31,38-42,45-46,59-60H,24-27,32-37H2,1-17H3. The van der Waals surface area contributed by atoms with E-state index in [0.29, 0.717) is 23.4 Å². The van der Waals surface area contributed by atoms with Crippen molar-refractivity contribution < 1.29 is 10.2 Å². The van der Waals surface area contributed by atoms with Crippen LogP contribution in [-0.4, -0.2) is 10.2 Å². The smallest absolute Gasteiger partial charge is 0.119 e. The molecule has 2 aromatic rings. The fourth-order valence-electron chi connectivity index (χ4n) is 11.7. The van der Waals surface area contributed by atoms with E-state index in [0.717, 1.165) is 75.4 Å². The van der Waals surface area contributed by atoms with Gasteiger partial charge in [0.2, 0.25) is 0 Å². The maximum absolute atomic E-state index is 13.2. The van der Waals surface area contributed by atoms with Gasteiger partial charge >= 0.3 is 0 Å². The molecule has 2 aliphatic rings. The van der Waals surface area contributed by atoms with E-state index in [2.05, 4.69) is 191 Å². The van der Waals surface area contributed by atoms with Crippen molar-refractivity contribution in [3.05, 3.63) is 118 Å². The van der Waals surface area contributed by atoms with Crippen LogP contribution in [0.3, 0.4) is 0 Å². The zero-order valence-electron chi connectivity index (χ0n) is 41.8. The fourth-order valence-corrected chi connectivity index (χ4v) is 11.7. The molecule has 0 amide bonds. The summed E-state index contributed by atoms with van der Waals surface area (Å²) >= 11 is 0. The Hall–Kier alpha value is -3.00. The Morgan fingerprint density at radius 1 is 0.483 bits per heavy atom. The number of rotatable bonds is 16. The van der Waals surface area contributed by atoms with Crippen molar-refractivity contribution in [1.29, 1.82) is 0 Å². The zero-order chi connectivity index (χ0) is 45.1. The second-order valence-corrected chi connectivity index (χ2v) is 24.3. The summed E-state index contributed by atoms with van der Waals surface area (Å²) in [7, 11) is 0. The van der Waals surface area contributed by atoms with E-state index in [1.54, 1.807) is 0 Å². The molecule has 2 aromatic carbocycles. The number of aliphatic hydroxyl groups excluding tert-OH is 2. The highest BCUT2D eigenvalue weighted by molar-refractivity contribution is 5.51. The molecule has 0 saturated carbocycles. The molecular formula is C58H90O2. The molecule has 0 heterocycles. The van der Waals surface area contributed by atoms with Crippen LogP contribution >= 0.6 is 0 Å². The molecule has 0 saturated heterocycles. The molecule has 4 unspecified atom stereocenters. The normalized spacial score (nSPS) is 24.0. The van der Waals surface area contributed by atoms with Crippen molar-refractivity contribution in [1.82, 2.24) is 0 Å². The number of unbranched alkanes of at least 4 members (excludes halogenated alkanes) is 2. The highest BCUT2D eigenvalue weighted by Crippen LogP contribution is 2.65. The van der Waals surface area contributed by atoms with Gasteiger partial charge in [0.05, 0.1) is 0 Å². The Labute approximate surface area is 370 Å². The van der Waals surface area contributed by atoms with Gasteiger partial charge in [0.1, 0.15) is 11.5 Å². The summed E-state index contributed by atoms with van der Waals surface area (Å²) in [6, 6.07) is 21.9. The minimum atomic E-state index is -0.260. The van der Waals surface area contributed by atoms with Crippen molar-refractivity contribution in [2.45, 2.75) is 182 Å². The van der Waals surface area contributed by atoms with E-state index in [-0.39, 0.29) is 50.2 Å². The summed E-state index contributed by atoms with van der Waals surface area (Å²) in [6.45, 7) is 40.3. The molecule has 2 nitrogen and oxygen atoms in total.